The lowest BCUT2D eigenvalue weighted by Gasteiger charge is -2.10. The molecule has 9 heteroatoms. The number of furan rings is 1. The Bertz CT molecular complexity index is 1410. The highest BCUT2D eigenvalue weighted by molar-refractivity contribution is 6.31. The Hall–Kier alpha value is -4.04. The molecule has 0 saturated carbocycles. The molecule has 1 heterocycles. The van der Waals surface area contributed by atoms with Crippen molar-refractivity contribution in [2.75, 3.05) is 12.4 Å². The molecule has 0 saturated heterocycles. The van der Waals surface area contributed by atoms with Crippen molar-refractivity contribution >= 4 is 56.8 Å². The number of halogens is 1. The molecule has 2 amide bonds. The van der Waals surface area contributed by atoms with Crippen LogP contribution in [-0.2, 0) is 4.79 Å². The molecule has 0 atom stereocenters. The van der Waals surface area contributed by atoms with Crippen molar-refractivity contribution in [3.8, 4) is 11.5 Å². The maximum atomic E-state index is 12.6. The van der Waals surface area contributed by atoms with Gasteiger partial charge in [-0.15, -0.1) is 0 Å². The molecule has 0 fully saturated rings. The first-order valence-corrected chi connectivity index (χ1v) is 10.3. The zero-order valence-corrected chi connectivity index (χ0v) is 18.6. The topological polar surface area (TPSA) is 113 Å². The molecule has 3 N–H and O–H groups in total. The molecular weight excluding hydrogens is 446 g/mol. The third-order valence-corrected chi connectivity index (χ3v) is 5.18. The highest BCUT2D eigenvalue weighted by Crippen LogP contribution is 2.36. The number of ether oxygens (including phenoxy) is 1. The number of nitrogens with one attached hydrogen (secondary N) is 2. The zero-order chi connectivity index (χ0) is 23.5. The van der Waals surface area contributed by atoms with Gasteiger partial charge in [-0.05, 0) is 37.3 Å². The largest absolute Gasteiger partial charge is 0.507 e. The summed E-state index contributed by atoms with van der Waals surface area (Å²) in [6.07, 6.45) is -0.0802. The Balaban J connectivity index is 1.47. The Labute approximate surface area is 193 Å². The summed E-state index contributed by atoms with van der Waals surface area (Å²) in [5.41, 5.74) is 4.45. The van der Waals surface area contributed by atoms with E-state index in [4.69, 9.17) is 20.8 Å². The van der Waals surface area contributed by atoms with Crippen molar-refractivity contribution in [1.29, 1.82) is 0 Å². The van der Waals surface area contributed by atoms with E-state index in [1.807, 2.05) is 30.3 Å². The fourth-order valence-corrected chi connectivity index (χ4v) is 3.55. The summed E-state index contributed by atoms with van der Waals surface area (Å²) >= 11 is 5.86. The average molecular weight is 466 g/mol. The minimum atomic E-state index is -0.647. The molecule has 1 aromatic heterocycles. The summed E-state index contributed by atoms with van der Waals surface area (Å²) in [5.74, 6) is -0.742. The number of benzene rings is 3. The van der Waals surface area contributed by atoms with Gasteiger partial charge in [-0.25, -0.2) is 5.43 Å². The highest BCUT2D eigenvalue weighted by Gasteiger charge is 2.15. The van der Waals surface area contributed by atoms with Crippen molar-refractivity contribution < 1.29 is 23.8 Å². The number of para-hydroxylation sites is 1. The Kier molecular flexibility index (Phi) is 6.19. The standard InChI is InChI=1S/C24H20ClN3O5/c1-13(27-28-24(31)17-10-14(25)7-8-19(17)29)9-23(30)26-18-12-21-16(11-22(18)32-2)15-5-3-4-6-20(15)33-21/h3-8,10-12,29H,9H2,1-2H3,(H,26,30)(H,28,31). The van der Waals surface area contributed by atoms with Crippen LogP contribution in [-0.4, -0.2) is 29.7 Å². The molecule has 0 aliphatic carbocycles. The Morgan fingerprint density at radius 2 is 1.88 bits per heavy atom. The number of phenols is 1. The van der Waals surface area contributed by atoms with Gasteiger partial charge in [0.25, 0.3) is 5.91 Å². The molecule has 0 aliphatic heterocycles. The number of nitrogens with zero attached hydrogens (tertiary/aromatic N) is 1. The number of anilines is 1. The van der Waals surface area contributed by atoms with Gasteiger partial charge in [-0.2, -0.15) is 5.10 Å². The molecule has 4 aromatic rings. The van der Waals surface area contributed by atoms with Gasteiger partial charge in [0.1, 0.15) is 22.7 Å². The number of rotatable bonds is 6. The van der Waals surface area contributed by atoms with Crippen LogP contribution in [0, 0.1) is 0 Å². The molecule has 3 aromatic carbocycles. The van der Waals surface area contributed by atoms with E-state index in [1.165, 1.54) is 25.3 Å². The minimum absolute atomic E-state index is 0.0209. The number of hydrazone groups is 1. The van der Waals surface area contributed by atoms with E-state index in [1.54, 1.807) is 13.0 Å². The number of carbonyl (C=O) groups is 2. The van der Waals surface area contributed by atoms with Crippen molar-refractivity contribution in [1.82, 2.24) is 5.43 Å². The van der Waals surface area contributed by atoms with Gasteiger partial charge in [0.05, 0.1) is 24.8 Å². The van der Waals surface area contributed by atoms with Crippen LogP contribution in [0.15, 0.2) is 64.1 Å². The SMILES string of the molecule is COc1cc2c(cc1NC(=O)CC(C)=NNC(=O)c1cc(Cl)ccc1O)oc1ccccc12. The Morgan fingerprint density at radius 3 is 2.67 bits per heavy atom. The number of methoxy groups -OCH3 is 1. The summed E-state index contributed by atoms with van der Waals surface area (Å²) < 4.78 is 11.3. The third kappa shape index (κ3) is 4.75. The molecule has 0 spiro atoms. The van der Waals surface area contributed by atoms with Gasteiger partial charge in [-0.1, -0.05) is 29.8 Å². The fourth-order valence-electron chi connectivity index (χ4n) is 3.38. The lowest BCUT2D eigenvalue weighted by atomic mass is 10.1. The maximum Gasteiger partial charge on any atom is 0.275 e. The smallest absolute Gasteiger partial charge is 0.275 e. The van der Waals surface area contributed by atoms with Crippen molar-refractivity contribution in [2.45, 2.75) is 13.3 Å². The van der Waals surface area contributed by atoms with Gasteiger partial charge in [-0.3, -0.25) is 9.59 Å². The number of aromatic hydroxyl groups is 1. The van der Waals surface area contributed by atoms with Crippen LogP contribution in [0.1, 0.15) is 23.7 Å². The second-order valence-electron chi connectivity index (χ2n) is 7.32. The zero-order valence-electron chi connectivity index (χ0n) is 17.8. The first-order chi connectivity index (χ1) is 15.9. The lowest BCUT2D eigenvalue weighted by Crippen LogP contribution is -2.21. The first kappa shape index (κ1) is 22.2. The molecular formula is C24H20ClN3O5. The van der Waals surface area contributed by atoms with E-state index in [9.17, 15) is 14.7 Å². The first-order valence-electron chi connectivity index (χ1n) is 9.97. The minimum Gasteiger partial charge on any atom is -0.507 e. The van der Waals surface area contributed by atoms with E-state index >= 15 is 0 Å². The van der Waals surface area contributed by atoms with Crippen LogP contribution in [0.2, 0.25) is 5.02 Å². The summed E-state index contributed by atoms with van der Waals surface area (Å²) in [4.78, 5) is 24.8. The van der Waals surface area contributed by atoms with Crippen molar-refractivity contribution in [3.05, 3.63) is 65.2 Å². The molecule has 0 radical (unpaired) electrons. The fraction of sp³-hybridized carbons (Fsp3) is 0.125. The highest BCUT2D eigenvalue weighted by atomic mass is 35.5. The van der Waals surface area contributed by atoms with Crippen LogP contribution in [0.4, 0.5) is 5.69 Å². The lowest BCUT2D eigenvalue weighted by molar-refractivity contribution is -0.115. The predicted molar refractivity (Wildman–Crippen MR) is 127 cm³/mol. The quantitative estimate of drug-likeness (QED) is 0.271. The monoisotopic (exact) mass is 465 g/mol. The number of hydrogen-bond acceptors (Lipinski definition) is 6. The molecule has 0 unspecified atom stereocenters. The molecule has 0 aliphatic rings. The number of carbonyl (C=O) groups excluding carboxylic acids is 2. The maximum absolute atomic E-state index is 12.6. The second kappa shape index (κ2) is 9.22. The van der Waals surface area contributed by atoms with Crippen LogP contribution in [0.25, 0.3) is 21.9 Å². The van der Waals surface area contributed by atoms with Crippen LogP contribution in [0.5, 0.6) is 11.5 Å². The third-order valence-electron chi connectivity index (χ3n) is 4.94. The number of amides is 2. The molecule has 168 valence electrons. The van der Waals surface area contributed by atoms with E-state index in [0.717, 1.165) is 16.4 Å². The molecule has 33 heavy (non-hydrogen) atoms. The molecule has 0 bridgehead atoms. The summed E-state index contributed by atoms with van der Waals surface area (Å²) in [5, 5.41) is 18.6. The van der Waals surface area contributed by atoms with Gasteiger partial charge >= 0.3 is 0 Å². The molecule has 8 nitrogen and oxygen atoms in total. The Morgan fingerprint density at radius 1 is 1.09 bits per heavy atom. The van der Waals surface area contributed by atoms with Crippen molar-refractivity contribution in [3.63, 3.8) is 0 Å². The van der Waals surface area contributed by atoms with Gasteiger partial charge in [0.2, 0.25) is 5.91 Å². The van der Waals surface area contributed by atoms with Crippen LogP contribution >= 0.6 is 11.6 Å². The average Bonchev–Trinajstić information content (AvgIpc) is 3.15. The van der Waals surface area contributed by atoms with E-state index in [2.05, 4.69) is 15.8 Å². The van der Waals surface area contributed by atoms with Crippen LogP contribution in [0.3, 0.4) is 0 Å². The summed E-state index contributed by atoms with van der Waals surface area (Å²) in [6.45, 7) is 1.59. The number of hydrogen-bond donors (Lipinski definition) is 3. The number of phenolic OH excluding ortho intramolecular Hbond substituents is 1. The van der Waals surface area contributed by atoms with E-state index < -0.39 is 5.91 Å². The summed E-state index contributed by atoms with van der Waals surface area (Å²) in [7, 11) is 1.52. The van der Waals surface area contributed by atoms with E-state index in [0.29, 0.717) is 27.8 Å². The van der Waals surface area contributed by atoms with Gasteiger partial charge in [0, 0.05) is 27.6 Å². The normalized spacial score (nSPS) is 11.5. The number of fused-ring (bicyclic) bond motifs is 3. The van der Waals surface area contributed by atoms with Crippen molar-refractivity contribution in [2.24, 2.45) is 5.10 Å². The van der Waals surface area contributed by atoms with Crippen LogP contribution < -0.4 is 15.5 Å². The molecule has 4 rings (SSSR count). The van der Waals surface area contributed by atoms with Gasteiger partial charge < -0.3 is 19.6 Å². The van der Waals surface area contributed by atoms with Gasteiger partial charge in [0.15, 0.2) is 0 Å². The van der Waals surface area contributed by atoms with E-state index in [-0.39, 0.29) is 23.6 Å². The second-order valence-corrected chi connectivity index (χ2v) is 7.76. The predicted octanol–water partition coefficient (Wildman–Crippen LogP) is 5.09. The summed E-state index contributed by atoms with van der Waals surface area (Å²) in [6, 6.07) is 15.3.